The number of hydrogen-bond acceptors (Lipinski definition) is 10. The molecule has 2 aliphatic rings. The van der Waals surface area contributed by atoms with Crippen LogP contribution in [0.5, 0.6) is 0 Å². The zero-order valence-electron chi connectivity index (χ0n) is 38.9. The summed E-state index contributed by atoms with van der Waals surface area (Å²) in [7, 11) is 8.56. The van der Waals surface area contributed by atoms with Crippen LogP contribution in [0, 0.1) is 17.8 Å². The van der Waals surface area contributed by atoms with Crippen LogP contribution >= 0.6 is 0 Å². The van der Waals surface area contributed by atoms with Crippen LogP contribution in [0.1, 0.15) is 92.6 Å². The first-order chi connectivity index (χ1) is 28.8. The number of likely N-dealkylation sites (N-methyl/N-ethyl adjacent to an activating group) is 3. The number of carbonyl (C=O) groups excluding carboxylic acids is 6. The predicted molar refractivity (Wildman–Crippen MR) is 236 cm³/mol. The van der Waals surface area contributed by atoms with Crippen LogP contribution in [0.3, 0.4) is 0 Å². The highest BCUT2D eigenvalue weighted by Crippen LogP contribution is 2.30. The van der Waals surface area contributed by atoms with E-state index in [1.54, 1.807) is 58.0 Å². The van der Waals surface area contributed by atoms with E-state index in [9.17, 15) is 28.8 Å². The lowest BCUT2D eigenvalue weighted by molar-refractivity contribution is -0.149. The average Bonchev–Trinajstić information content (AvgIpc) is 3.90. The standard InChI is InChI=1S/C45H76N8O8/c1-13-28(4)39(52(10)45(59)38(27(2)3)49-43(57)35-20-15-22-50(35)8)36(60-11)26-37(54)53-23-16-19-34(53)40(61-12)29(5)44(58)51(9)24-21-32-17-14-18-33(25-32)48-42(56)31(7)47-41(55)30(6)46/h14,17-18,25,27-31,34-36,38-40H,13,15-16,19-24,26,46H2,1-12H3,(H,47,55)(H,48,56)(H,49,57)/t28-,29+,30-,31-,34-,35-,36+,38-,39-,40+/m0/s1. The summed E-state index contributed by atoms with van der Waals surface area (Å²) in [4.78, 5) is 87.5. The summed E-state index contributed by atoms with van der Waals surface area (Å²) in [5.74, 6) is -2.14. The molecule has 0 aromatic heterocycles. The summed E-state index contributed by atoms with van der Waals surface area (Å²) in [5.41, 5.74) is 7.08. The lowest BCUT2D eigenvalue weighted by atomic mass is 9.89. The first-order valence-electron chi connectivity index (χ1n) is 22.1. The Bertz CT molecular complexity index is 1640. The summed E-state index contributed by atoms with van der Waals surface area (Å²) in [5, 5.41) is 8.46. The Hall–Kier alpha value is -4.12. The van der Waals surface area contributed by atoms with E-state index >= 15 is 0 Å². The van der Waals surface area contributed by atoms with Gasteiger partial charge in [-0.15, -0.1) is 0 Å². The molecule has 2 aliphatic heterocycles. The number of nitrogens with one attached hydrogen (secondary N) is 3. The second-order valence-corrected chi connectivity index (χ2v) is 17.7. The van der Waals surface area contributed by atoms with E-state index in [4.69, 9.17) is 15.2 Å². The number of nitrogens with two attached hydrogens (primary N) is 1. The SMILES string of the molecule is CC[C@H](C)[C@@H]([C@@H](CC(=O)N1CCC[C@H]1[C@H](OC)[C@@H](C)C(=O)N(C)CCc1cccc(NC(=O)[C@H](C)NC(=O)[C@H](C)N)c1)OC)N(C)C(=O)[C@@H](NC(=O)[C@@H]1CCCN1C)C(C)C. The monoisotopic (exact) mass is 857 g/mol. The number of likely N-dealkylation sites (tertiary alicyclic amines) is 2. The fourth-order valence-corrected chi connectivity index (χ4v) is 8.74. The van der Waals surface area contributed by atoms with Crippen molar-refractivity contribution >= 4 is 41.1 Å². The first kappa shape index (κ1) is 51.2. The number of methoxy groups -OCH3 is 2. The number of benzene rings is 1. The van der Waals surface area contributed by atoms with Crippen molar-refractivity contribution in [3.05, 3.63) is 29.8 Å². The van der Waals surface area contributed by atoms with Crippen LogP contribution in [0.15, 0.2) is 24.3 Å². The second-order valence-electron chi connectivity index (χ2n) is 17.7. The highest BCUT2D eigenvalue weighted by atomic mass is 16.5. The molecule has 0 bridgehead atoms. The van der Waals surface area contributed by atoms with Gasteiger partial charge in [0.25, 0.3) is 0 Å². The van der Waals surface area contributed by atoms with E-state index in [0.717, 1.165) is 37.8 Å². The van der Waals surface area contributed by atoms with Crippen molar-refractivity contribution in [2.75, 3.05) is 60.3 Å². The molecule has 1 aromatic carbocycles. The molecular formula is C45H76N8O8. The summed E-state index contributed by atoms with van der Waals surface area (Å²) in [6.45, 7) is 14.7. The summed E-state index contributed by atoms with van der Waals surface area (Å²) >= 11 is 0. The van der Waals surface area contributed by atoms with Gasteiger partial charge in [-0.05, 0) is 89.1 Å². The molecule has 5 N–H and O–H groups in total. The lowest BCUT2D eigenvalue weighted by Crippen LogP contribution is -2.59. The number of carbonyl (C=O) groups is 6. The average molecular weight is 857 g/mol. The maximum Gasteiger partial charge on any atom is 0.246 e. The van der Waals surface area contributed by atoms with E-state index in [1.165, 1.54) is 0 Å². The third-order valence-electron chi connectivity index (χ3n) is 12.8. The molecule has 6 amide bonds. The van der Waals surface area contributed by atoms with Gasteiger partial charge >= 0.3 is 0 Å². The number of amides is 6. The number of anilines is 1. The van der Waals surface area contributed by atoms with Gasteiger partial charge in [0.15, 0.2) is 0 Å². The highest BCUT2D eigenvalue weighted by molar-refractivity contribution is 5.97. The van der Waals surface area contributed by atoms with Gasteiger partial charge in [0, 0.05) is 47.1 Å². The number of rotatable bonds is 22. The molecule has 0 radical (unpaired) electrons. The fourth-order valence-electron chi connectivity index (χ4n) is 8.74. The van der Waals surface area contributed by atoms with Crippen LogP contribution in [0.25, 0.3) is 0 Å². The van der Waals surface area contributed by atoms with E-state index in [0.29, 0.717) is 31.6 Å². The van der Waals surface area contributed by atoms with Gasteiger partial charge in [-0.3, -0.25) is 33.7 Å². The Kier molecular flexibility index (Phi) is 20.1. The number of hydrogen-bond donors (Lipinski definition) is 4. The molecular weight excluding hydrogens is 781 g/mol. The van der Waals surface area contributed by atoms with E-state index in [-0.39, 0.29) is 59.9 Å². The minimum absolute atomic E-state index is 0.0184. The van der Waals surface area contributed by atoms with Crippen molar-refractivity contribution in [3.63, 3.8) is 0 Å². The molecule has 0 saturated carbocycles. The smallest absolute Gasteiger partial charge is 0.246 e. The fraction of sp³-hybridized carbons (Fsp3) is 0.733. The van der Waals surface area contributed by atoms with Gasteiger partial charge in [0.05, 0.1) is 48.7 Å². The Morgan fingerprint density at radius 1 is 0.902 bits per heavy atom. The number of nitrogens with zero attached hydrogens (tertiary/aromatic N) is 4. The Morgan fingerprint density at radius 3 is 2.15 bits per heavy atom. The summed E-state index contributed by atoms with van der Waals surface area (Å²) < 4.78 is 12.1. The Morgan fingerprint density at radius 2 is 1.57 bits per heavy atom. The maximum atomic E-state index is 14.3. The van der Waals surface area contributed by atoms with Crippen molar-refractivity contribution in [3.8, 4) is 0 Å². The van der Waals surface area contributed by atoms with Crippen LogP contribution in [0.4, 0.5) is 5.69 Å². The predicted octanol–water partition coefficient (Wildman–Crippen LogP) is 2.63. The molecule has 0 unspecified atom stereocenters. The topological polar surface area (TPSA) is 196 Å². The molecule has 0 aliphatic carbocycles. The van der Waals surface area contributed by atoms with Crippen LogP contribution in [-0.2, 0) is 44.7 Å². The molecule has 61 heavy (non-hydrogen) atoms. The van der Waals surface area contributed by atoms with Crippen LogP contribution in [-0.4, -0.2) is 158 Å². The number of ether oxygens (including phenoxy) is 2. The highest BCUT2D eigenvalue weighted by Gasteiger charge is 2.43. The van der Waals surface area contributed by atoms with Gasteiger partial charge < -0.3 is 45.9 Å². The summed E-state index contributed by atoms with van der Waals surface area (Å²) in [6, 6.07) is 4.05. The van der Waals surface area contributed by atoms with Crippen molar-refractivity contribution in [1.29, 1.82) is 0 Å². The maximum absolute atomic E-state index is 14.3. The van der Waals surface area contributed by atoms with Gasteiger partial charge in [0.1, 0.15) is 12.1 Å². The quantitative estimate of drug-likeness (QED) is 0.135. The minimum Gasteiger partial charge on any atom is -0.379 e. The van der Waals surface area contributed by atoms with Crippen molar-refractivity contribution in [2.45, 2.75) is 142 Å². The largest absolute Gasteiger partial charge is 0.379 e. The molecule has 3 rings (SSSR count). The van der Waals surface area contributed by atoms with Crippen LogP contribution < -0.4 is 21.7 Å². The molecule has 344 valence electrons. The van der Waals surface area contributed by atoms with Crippen molar-refractivity contribution in [1.82, 2.24) is 30.2 Å². The van der Waals surface area contributed by atoms with E-state index in [2.05, 4.69) is 16.0 Å². The Labute approximate surface area is 364 Å². The zero-order chi connectivity index (χ0) is 45.7. The molecule has 2 fully saturated rings. The first-order valence-corrected chi connectivity index (χ1v) is 22.1. The molecule has 10 atom stereocenters. The molecule has 1 aromatic rings. The zero-order valence-corrected chi connectivity index (χ0v) is 38.9. The molecule has 16 heteroatoms. The molecule has 0 spiro atoms. The van der Waals surface area contributed by atoms with Crippen LogP contribution in [0.2, 0.25) is 0 Å². The van der Waals surface area contributed by atoms with Crippen molar-refractivity contribution < 1.29 is 38.2 Å². The minimum atomic E-state index is -0.777. The third-order valence-corrected chi connectivity index (χ3v) is 12.8. The lowest BCUT2D eigenvalue weighted by Gasteiger charge is -2.41. The van der Waals surface area contributed by atoms with Gasteiger partial charge in [-0.2, -0.15) is 0 Å². The van der Waals surface area contributed by atoms with Crippen molar-refractivity contribution in [2.24, 2.45) is 23.5 Å². The van der Waals surface area contributed by atoms with Gasteiger partial charge in [-0.25, -0.2) is 0 Å². The van der Waals surface area contributed by atoms with E-state index in [1.807, 2.05) is 69.7 Å². The third kappa shape index (κ3) is 13.7. The molecule has 16 nitrogen and oxygen atoms in total. The second kappa shape index (κ2) is 23.9. The van der Waals surface area contributed by atoms with Gasteiger partial charge in [-0.1, -0.05) is 53.2 Å². The van der Waals surface area contributed by atoms with E-state index < -0.39 is 48.2 Å². The molecule has 2 heterocycles. The molecule has 2 saturated heterocycles. The normalized spacial score (nSPS) is 20.8. The summed E-state index contributed by atoms with van der Waals surface area (Å²) in [6.07, 6.45) is 3.24. The Balaban J connectivity index is 1.68. The van der Waals surface area contributed by atoms with Gasteiger partial charge in [0.2, 0.25) is 35.4 Å².